The third kappa shape index (κ3) is 3.31. The normalized spacial score (nSPS) is 10.2. The van der Waals surface area contributed by atoms with Crippen molar-refractivity contribution in [3.05, 3.63) is 58.9 Å². The molecule has 2 N–H and O–H groups in total. The highest BCUT2D eigenvalue weighted by Crippen LogP contribution is 2.23. The van der Waals surface area contributed by atoms with Crippen LogP contribution in [0.5, 0.6) is 5.75 Å². The molecule has 2 aromatic rings. The van der Waals surface area contributed by atoms with Gasteiger partial charge in [-0.15, -0.1) is 0 Å². The van der Waals surface area contributed by atoms with E-state index in [2.05, 4.69) is 0 Å². The number of hydrogen-bond acceptors (Lipinski definition) is 4. The molecule has 0 radical (unpaired) electrons. The number of benzene rings is 2. The maximum absolute atomic E-state index is 13.6. The summed E-state index contributed by atoms with van der Waals surface area (Å²) in [7, 11) is 1.28. The van der Waals surface area contributed by atoms with Crippen LogP contribution in [0.15, 0.2) is 36.4 Å². The minimum absolute atomic E-state index is 0.0237. The topological polar surface area (TPSA) is 61.5 Å². The molecule has 5 heteroatoms. The van der Waals surface area contributed by atoms with Crippen LogP contribution in [0.4, 0.5) is 10.1 Å². The van der Waals surface area contributed by atoms with Gasteiger partial charge in [-0.3, -0.25) is 0 Å². The Morgan fingerprint density at radius 1 is 1.29 bits per heavy atom. The van der Waals surface area contributed by atoms with E-state index >= 15 is 0 Å². The number of anilines is 1. The van der Waals surface area contributed by atoms with Gasteiger partial charge in [0.1, 0.15) is 6.61 Å². The van der Waals surface area contributed by atoms with Crippen LogP contribution in [0.25, 0.3) is 0 Å². The Balaban J connectivity index is 2.26. The van der Waals surface area contributed by atoms with Crippen molar-refractivity contribution in [1.29, 1.82) is 0 Å². The summed E-state index contributed by atoms with van der Waals surface area (Å²) in [5.41, 5.74) is 7.76. The van der Waals surface area contributed by atoms with Crippen molar-refractivity contribution in [2.75, 3.05) is 12.8 Å². The second-order valence-corrected chi connectivity index (χ2v) is 4.60. The number of nitrogen functional groups attached to an aromatic ring is 1. The molecular formula is C16H16FNO3. The SMILES string of the molecule is COC(=O)c1c(N)cccc1COc1cc(C)ccc1F. The highest BCUT2D eigenvalue weighted by Gasteiger charge is 2.16. The smallest absolute Gasteiger partial charge is 0.340 e. The number of methoxy groups -OCH3 is 1. The van der Waals surface area contributed by atoms with Crippen molar-refractivity contribution in [3.63, 3.8) is 0 Å². The molecule has 0 unspecified atom stereocenters. The van der Waals surface area contributed by atoms with E-state index in [0.29, 0.717) is 11.3 Å². The molecule has 0 heterocycles. The fourth-order valence-electron chi connectivity index (χ4n) is 1.97. The summed E-state index contributed by atoms with van der Waals surface area (Å²) in [4.78, 5) is 11.8. The largest absolute Gasteiger partial charge is 0.486 e. The second-order valence-electron chi connectivity index (χ2n) is 4.60. The molecule has 2 aromatic carbocycles. The van der Waals surface area contributed by atoms with Crippen LogP contribution in [-0.2, 0) is 11.3 Å². The molecule has 0 saturated heterocycles. The van der Waals surface area contributed by atoms with E-state index in [1.807, 2.05) is 6.92 Å². The van der Waals surface area contributed by atoms with Gasteiger partial charge in [0.2, 0.25) is 0 Å². The van der Waals surface area contributed by atoms with E-state index in [0.717, 1.165) is 5.56 Å². The van der Waals surface area contributed by atoms with Crippen LogP contribution in [0.1, 0.15) is 21.5 Å². The zero-order valence-electron chi connectivity index (χ0n) is 11.9. The summed E-state index contributed by atoms with van der Waals surface area (Å²) < 4.78 is 23.8. The van der Waals surface area contributed by atoms with E-state index in [4.69, 9.17) is 15.2 Å². The standard InChI is InChI=1S/C16H16FNO3/c1-10-6-7-12(17)14(8-10)21-9-11-4-3-5-13(18)15(11)16(19)20-2/h3-8H,9,18H2,1-2H3. The van der Waals surface area contributed by atoms with Gasteiger partial charge in [-0.25, -0.2) is 9.18 Å². The minimum Gasteiger partial charge on any atom is -0.486 e. The van der Waals surface area contributed by atoms with Crippen molar-refractivity contribution in [2.45, 2.75) is 13.5 Å². The maximum atomic E-state index is 13.6. The van der Waals surface area contributed by atoms with Crippen LogP contribution >= 0.6 is 0 Å². The second kappa shape index (κ2) is 6.26. The van der Waals surface area contributed by atoms with Gasteiger partial charge in [-0.1, -0.05) is 18.2 Å². The number of ether oxygens (including phenoxy) is 2. The van der Waals surface area contributed by atoms with Crippen LogP contribution < -0.4 is 10.5 Å². The molecule has 0 aliphatic rings. The molecule has 0 bridgehead atoms. The zero-order valence-corrected chi connectivity index (χ0v) is 11.9. The number of esters is 1. The molecule has 4 nitrogen and oxygen atoms in total. The molecule has 21 heavy (non-hydrogen) atoms. The Hall–Kier alpha value is -2.56. The van der Waals surface area contributed by atoms with E-state index in [1.165, 1.54) is 13.2 Å². The summed E-state index contributed by atoms with van der Waals surface area (Å²) in [6.45, 7) is 1.86. The number of halogens is 1. The predicted octanol–water partition coefficient (Wildman–Crippen LogP) is 3.08. The van der Waals surface area contributed by atoms with Crippen LogP contribution in [0, 0.1) is 12.7 Å². The Labute approximate surface area is 122 Å². The van der Waals surface area contributed by atoms with Gasteiger partial charge >= 0.3 is 5.97 Å². The molecule has 0 spiro atoms. The van der Waals surface area contributed by atoms with Gasteiger partial charge in [0, 0.05) is 11.3 Å². The fraction of sp³-hybridized carbons (Fsp3) is 0.188. The van der Waals surface area contributed by atoms with Crippen molar-refractivity contribution in [3.8, 4) is 5.75 Å². The quantitative estimate of drug-likeness (QED) is 0.694. The van der Waals surface area contributed by atoms with Crippen molar-refractivity contribution in [2.24, 2.45) is 0 Å². The average molecular weight is 289 g/mol. The average Bonchev–Trinajstić information content (AvgIpc) is 2.47. The first-order chi connectivity index (χ1) is 10.0. The van der Waals surface area contributed by atoms with Gasteiger partial charge in [-0.2, -0.15) is 0 Å². The Kier molecular flexibility index (Phi) is 4.42. The Morgan fingerprint density at radius 2 is 2.05 bits per heavy atom. The zero-order chi connectivity index (χ0) is 15.4. The first kappa shape index (κ1) is 14.8. The van der Waals surface area contributed by atoms with Gasteiger partial charge in [0.05, 0.1) is 12.7 Å². The molecule has 2 rings (SSSR count). The lowest BCUT2D eigenvalue weighted by Crippen LogP contribution is -2.11. The molecular weight excluding hydrogens is 273 g/mol. The number of carbonyl (C=O) groups is 1. The van der Waals surface area contributed by atoms with E-state index in [1.54, 1.807) is 30.3 Å². The number of nitrogens with two attached hydrogens (primary N) is 1. The Bertz CT molecular complexity index is 671. The maximum Gasteiger partial charge on any atom is 0.340 e. The molecule has 0 aliphatic carbocycles. The summed E-state index contributed by atoms with van der Waals surface area (Å²) in [5, 5.41) is 0. The predicted molar refractivity (Wildman–Crippen MR) is 77.7 cm³/mol. The summed E-state index contributed by atoms with van der Waals surface area (Å²) >= 11 is 0. The van der Waals surface area contributed by atoms with E-state index < -0.39 is 11.8 Å². The first-order valence-electron chi connectivity index (χ1n) is 6.37. The highest BCUT2D eigenvalue weighted by molar-refractivity contribution is 5.96. The molecule has 0 atom stereocenters. The molecule has 0 amide bonds. The fourth-order valence-corrected chi connectivity index (χ4v) is 1.97. The number of rotatable bonds is 4. The lowest BCUT2D eigenvalue weighted by atomic mass is 10.1. The van der Waals surface area contributed by atoms with Crippen molar-refractivity contribution >= 4 is 11.7 Å². The van der Waals surface area contributed by atoms with Gasteiger partial charge in [-0.05, 0) is 30.7 Å². The van der Waals surface area contributed by atoms with E-state index in [-0.39, 0.29) is 17.9 Å². The summed E-state index contributed by atoms with van der Waals surface area (Å²) in [5.74, 6) is -0.867. The first-order valence-corrected chi connectivity index (χ1v) is 6.37. The lowest BCUT2D eigenvalue weighted by molar-refractivity contribution is 0.0599. The number of aryl methyl sites for hydroxylation is 1. The minimum atomic E-state index is -0.545. The van der Waals surface area contributed by atoms with Gasteiger partial charge in [0.15, 0.2) is 11.6 Å². The molecule has 110 valence electrons. The van der Waals surface area contributed by atoms with Crippen LogP contribution in [-0.4, -0.2) is 13.1 Å². The van der Waals surface area contributed by atoms with Crippen molar-refractivity contribution in [1.82, 2.24) is 0 Å². The highest BCUT2D eigenvalue weighted by atomic mass is 19.1. The van der Waals surface area contributed by atoms with Crippen LogP contribution in [0.2, 0.25) is 0 Å². The van der Waals surface area contributed by atoms with Crippen molar-refractivity contribution < 1.29 is 18.7 Å². The summed E-state index contributed by atoms with van der Waals surface area (Å²) in [6.07, 6.45) is 0. The lowest BCUT2D eigenvalue weighted by Gasteiger charge is -2.12. The number of carbonyl (C=O) groups excluding carboxylic acids is 1. The van der Waals surface area contributed by atoms with Crippen LogP contribution in [0.3, 0.4) is 0 Å². The number of hydrogen-bond donors (Lipinski definition) is 1. The molecule has 0 aromatic heterocycles. The third-order valence-corrected chi connectivity index (χ3v) is 3.04. The van der Waals surface area contributed by atoms with Gasteiger partial charge in [0.25, 0.3) is 0 Å². The summed E-state index contributed by atoms with van der Waals surface area (Å²) in [6, 6.07) is 9.58. The Morgan fingerprint density at radius 3 is 2.76 bits per heavy atom. The molecule has 0 fully saturated rings. The molecule has 0 saturated carbocycles. The third-order valence-electron chi connectivity index (χ3n) is 3.04. The van der Waals surface area contributed by atoms with Gasteiger partial charge < -0.3 is 15.2 Å². The monoisotopic (exact) mass is 289 g/mol. The molecule has 0 aliphatic heterocycles. The van der Waals surface area contributed by atoms with E-state index in [9.17, 15) is 9.18 Å².